The zero-order chi connectivity index (χ0) is 17.9. The standard InChI is InChI=1S/C23H18FNO/c1-26-21-13-12-18(15-20(21)24)22(16-7-3-2-4-8-16)19-11-5-9-17-10-6-14-25-23(17)19/h2-15,22H,1H3/t22-/m0/s1. The van der Waals surface area contributed by atoms with Crippen LogP contribution in [-0.4, -0.2) is 12.1 Å². The molecule has 1 atom stereocenters. The van der Waals surface area contributed by atoms with Crippen LogP contribution in [0.3, 0.4) is 0 Å². The number of aromatic nitrogens is 1. The number of hydrogen-bond donors (Lipinski definition) is 0. The molecule has 26 heavy (non-hydrogen) atoms. The lowest BCUT2D eigenvalue weighted by Crippen LogP contribution is -2.05. The van der Waals surface area contributed by atoms with Gasteiger partial charge in [-0.1, -0.05) is 60.7 Å². The minimum atomic E-state index is -0.362. The molecule has 1 heterocycles. The summed E-state index contributed by atoms with van der Waals surface area (Å²) in [5.41, 5.74) is 3.95. The third-order valence-electron chi connectivity index (χ3n) is 4.62. The van der Waals surface area contributed by atoms with Crippen LogP contribution < -0.4 is 4.74 Å². The van der Waals surface area contributed by atoms with Gasteiger partial charge in [0.15, 0.2) is 11.6 Å². The van der Waals surface area contributed by atoms with E-state index in [0.717, 1.165) is 27.6 Å². The van der Waals surface area contributed by atoms with E-state index in [1.54, 1.807) is 18.3 Å². The average molecular weight is 343 g/mol. The number of nitrogens with zero attached hydrogens (tertiary/aromatic N) is 1. The van der Waals surface area contributed by atoms with E-state index in [0.29, 0.717) is 0 Å². The summed E-state index contributed by atoms with van der Waals surface area (Å²) in [5, 5.41) is 1.07. The van der Waals surface area contributed by atoms with Crippen molar-refractivity contribution in [2.75, 3.05) is 7.11 Å². The predicted molar refractivity (Wildman–Crippen MR) is 102 cm³/mol. The van der Waals surface area contributed by atoms with Gasteiger partial charge in [0.1, 0.15) is 0 Å². The quantitative estimate of drug-likeness (QED) is 0.452. The highest BCUT2D eigenvalue weighted by Crippen LogP contribution is 2.36. The fraction of sp³-hybridized carbons (Fsp3) is 0.0870. The van der Waals surface area contributed by atoms with Gasteiger partial charge in [-0.05, 0) is 34.9 Å². The molecule has 0 unspecified atom stereocenters. The number of fused-ring (bicyclic) bond motifs is 1. The molecule has 0 spiro atoms. The molecule has 0 bridgehead atoms. The molecule has 0 saturated heterocycles. The predicted octanol–water partition coefficient (Wildman–Crippen LogP) is 5.56. The highest BCUT2D eigenvalue weighted by molar-refractivity contribution is 5.83. The first-order chi connectivity index (χ1) is 12.8. The van der Waals surface area contributed by atoms with Gasteiger partial charge in [0.05, 0.1) is 12.6 Å². The van der Waals surface area contributed by atoms with Crippen LogP contribution in [-0.2, 0) is 0 Å². The molecule has 0 N–H and O–H groups in total. The molecular weight excluding hydrogens is 325 g/mol. The molecule has 0 aliphatic rings. The van der Waals surface area contributed by atoms with Gasteiger partial charge in [0.25, 0.3) is 0 Å². The van der Waals surface area contributed by atoms with Crippen molar-refractivity contribution in [2.45, 2.75) is 5.92 Å². The SMILES string of the molecule is COc1ccc([C@H](c2ccccc2)c2cccc3cccnc23)cc1F. The first-order valence-electron chi connectivity index (χ1n) is 8.50. The summed E-state index contributed by atoms with van der Waals surface area (Å²) < 4.78 is 19.5. The van der Waals surface area contributed by atoms with Crippen LogP contribution >= 0.6 is 0 Å². The smallest absolute Gasteiger partial charge is 0.165 e. The number of methoxy groups -OCH3 is 1. The lowest BCUT2D eigenvalue weighted by Gasteiger charge is -2.20. The Kier molecular flexibility index (Phi) is 4.36. The van der Waals surface area contributed by atoms with Crippen LogP contribution in [0.4, 0.5) is 4.39 Å². The number of para-hydroxylation sites is 1. The van der Waals surface area contributed by atoms with Gasteiger partial charge in [0, 0.05) is 17.5 Å². The number of rotatable bonds is 4. The van der Waals surface area contributed by atoms with E-state index < -0.39 is 0 Å². The zero-order valence-corrected chi connectivity index (χ0v) is 14.4. The lowest BCUT2D eigenvalue weighted by atomic mass is 9.84. The molecule has 0 amide bonds. The van der Waals surface area contributed by atoms with Crippen LogP contribution in [0.2, 0.25) is 0 Å². The van der Waals surface area contributed by atoms with E-state index in [4.69, 9.17) is 4.74 Å². The molecule has 3 heteroatoms. The van der Waals surface area contributed by atoms with Crippen molar-refractivity contribution in [1.29, 1.82) is 0 Å². The molecule has 0 aliphatic carbocycles. The second kappa shape index (κ2) is 6.96. The highest BCUT2D eigenvalue weighted by Gasteiger charge is 2.21. The number of hydrogen-bond acceptors (Lipinski definition) is 2. The summed E-state index contributed by atoms with van der Waals surface area (Å²) in [6.45, 7) is 0. The molecule has 128 valence electrons. The maximum Gasteiger partial charge on any atom is 0.165 e. The summed E-state index contributed by atoms with van der Waals surface area (Å²) in [7, 11) is 1.47. The van der Waals surface area contributed by atoms with E-state index >= 15 is 0 Å². The number of ether oxygens (including phenoxy) is 1. The Morgan fingerprint density at radius 1 is 0.846 bits per heavy atom. The summed E-state index contributed by atoms with van der Waals surface area (Å²) >= 11 is 0. The van der Waals surface area contributed by atoms with Crippen molar-refractivity contribution in [3.63, 3.8) is 0 Å². The fourth-order valence-electron chi connectivity index (χ4n) is 3.42. The second-order valence-corrected chi connectivity index (χ2v) is 6.16. The van der Waals surface area contributed by atoms with Gasteiger partial charge in [0.2, 0.25) is 0 Å². The third kappa shape index (κ3) is 2.92. The fourth-order valence-corrected chi connectivity index (χ4v) is 3.42. The third-order valence-corrected chi connectivity index (χ3v) is 4.62. The Morgan fingerprint density at radius 2 is 1.65 bits per heavy atom. The summed E-state index contributed by atoms with van der Waals surface area (Å²) in [6, 6.07) is 25.4. The van der Waals surface area contributed by atoms with E-state index in [1.807, 2.05) is 48.5 Å². The van der Waals surface area contributed by atoms with Crippen molar-refractivity contribution in [3.05, 3.63) is 108 Å². The van der Waals surface area contributed by atoms with Crippen molar-refractivity contribution < 1.29 is 9.13 Å². The Bertz CT molecular complexity index is 1040. The molecule has 0 radical (unpaired) electrons. The van der Waals surface area contributed by atoms with Gasteiger partial charge >= 0.3 is 0 Å². The molecule has 0 aliphatic heterocycles. The first-order valence-corrected chi connectivity index (χ1v) is 8.50. The van der Waals surface area contributed by atoms with Crippen LogP contribution in [0, 0.1) is 5.82 Å². The van der Waals surface area contributed by atoms with Crippen LogP contribution in [0.5, 0.6) is 5.75 Å². The Balaban J connectivity index is 1.96. The van der Waals surface area contributed by atoms with Gasteiger partial charge < -0.3 is 4.74 Å². The Hall–Kier alpha value is -3.20. The largest absolute Gasteiger partial charge is 0.494 e. The minimum Gasteiger partial charge on any atom is -0.494 e. The van der Waals surface area contributed by atoms with Crippen LogP contribution in [0.1, 0.15) is 22.6 Å². The van der Waals surface area contributed by atoms with Gasteiger partial charge in [-0.25, -0.2) is 4.39 Å². The number of pyridine rings is 1. The summed E-state index contributed by atoms with van der Waals surface area (Å²) in [5.74, 6) is -0.231. The molecule has 3 aromatic carbocycles. The molecule has 1 aromatic heterocycles. The number of benzene rings is 3. The van der Waals surface area contributed by atoms with Gasteiger partial charge in [-0.2, -0.15) is 0 Å². The average Bonchev–Trinajstić information content (AvgIpc) is 2.69. The van der Waals surface area contributed by atoms with E-state index in [-0.39, 0.29) is 17.5 Å². The van der Waals surface area contributed by atoms with Crippen molar-refractivity contribution >= 4 is 10.9 Å². The summed E-state index contributed by atoms with van der Waals surface area (Å²) in [4.78, 5) is 4.59. The molecule has 2 nitrogen and oxygen atoms in total. The van der Waals surface area contributed by atoms with Crippen LogP contribution in [0.15, 0.2) is 85.1 Å². The monoisotopic (exact) mass is 343 g/mol. The van der Waals surface area contributed by atoms with Gasteiger partial charge in [-0.15, -0.1) is 0 Å². The Morgan fingerprint density at radius 3 is 2.42 bits per heavy atom. The molecular formula is C23H18FNO. The summed E-state index contributed by atoms with van der Waals surface area (Å²) in [6.07, 6.45) is 1.79. The maximum absolute atomic E-state index is 14.4. The molecule has 4 aromatic rings. The highest BCUT2D eigenvalue weighted by atomic mass is 19.1. The number of halogens is 1. The Labute approximate surface area is 151 Å². The van der Waals surface area contributed by atoms with Crippen molar-refractivity contribution in [1.82, 2.24) is 4.98 Å². The van der Waals surface area contributed by atoms with E-state index in [1.165, 1.54) is 7.11 Å². The molecule has 4 rings (SSSR count). The normalized spacial score (nSPS) is 12.1. The topological polar surface area (TPSA) is 22.1 Å². The zero-order valence-electron chi connectivity index (χ0n) is 14.4. The van der Waals surface area contributed by atoms with Crippen molar-refractivity contribution in [3.8, 4) is 5.75 Å². The van der Waals surface area contributed by atoms with Gasteiger partial charge in [-0.3, -0.25) is 4.98 Å². The first kappa shape index (κ1) is 16.3. The van der Waals surface area contributed by atoms with Crippen molar-refractivity contribution in [2.24, 2.45) is 0 Å². The van der Waals surface area contributed by atoms with Crippen LogP contribution in [0.25, 0.3) is 10.9 Å². The molecule has 0 fully saturated rings. The molecule has 0 saturated carbocycles. The lowest BCUT2D eigenvalue weighted by molar-refractivity contribution is 0.386. The maximum atomic E-state index is 14.4. The van der Waals surface area contributed by atoms with E-state index in [9.17, 15) is 4.39 Å². The second-order valence-electron chi connectivity index (χ2n) is 6.16. The van der Waals surface area contributed by atoms with E-state index in [2.05, 4.69) is 23.2 Å². The minimum absolute atomic E-state index is 0.116.